The normalized spacial score (nSPS) is 23.1. The van der Waals surface area contributed by atoms with Gasteiger partial charge in [0.2, 0.25) is 5.91 Å². The maximum atomic E-state index is 12.7. The summed E-state index contributed by atoms with van der Waals surface area (Å²) in [6.45, 7) is 1.28. The molecule has 0 saturated carbocycles. The summed E-state index contributed by atoms with van der Waals surface area (Å²) < 4.78 is 10.7. The zero-order chi connectivity index (χ0) is 16.4. The summed E-state index contributed by atoms with van der Waals surface area (Å²) in [6.07, 6.45) is 2.28. The number of amides is 1. The number of carbonyl (C=O) groups excluding carboxylic acids is 1. The minimum Gasteiger partial charge on any atom is -0.493 e. The molecule has 0 bridgehead atoms. The van der Waals surface area contributed by atoms with Crippen LogP contribution in [0.3, 0.4) is 0 Å². The molecule has 0 radical (unpaired) electrons. The minimum atomic E-state index is -0.283. The molecule has 0 spiro atoms. The van der Waals surface area contributed by atoms with E-state index in [-0.39, 0.29) is 18.0 Å². The number of benzene rings is 1. The van der Waals surface area contributed by atoms with Gasteiger partial charge in [0.1, 0.15) is 6.04 Å². The van der Waals surface area contributed by atoms with Crippen LogP contribution in [0.2, 0.25) is 0 Å². The van der Waals surface area contributed by atoms with E-state index in [1.165, 1.54) is 0 Å². The molecule has 1 aromatic carbocycles. The average Bonchev–Trinajstić information content (AvgIpc) is 3.07. The SMILES string of the molecule is COc1cc2c(cc1OC)C[C@@H](C(=O)N1CCC[C@H]1C#N)NC2. The van der Waals surface area contributed by atoms with Crippen LogP contribution in [0.15, 0.2) is 12.1 Å². The third-order valence-corrected chi connectivity index (χ3v) is 4.65. The van der Waals surface area contributed by atoms with Crippen molar-refractivity contribution in [2.75, 3.05) is 20.8 Å². The van der Waals surface area contributed by atoms with Crippen molar-refractivity contribution in [3.8, 4) is 17.6 Å². The van der Waals surface area contributed by atoms with Crippen LogP contribution in [0, 0.1) is 11.3 Å². The highest BCUT2D eigenvalue weighted by Crippen LogP contribution is 2.33. The highest BCUT2D eigenvalue weighted by molar-refractivity contribution is 5.83. The van der Waals surface area contributed by atoms with Gasteiger partial charge in [-0.05, 0) is 42.5 Å². The molecule has 0 aromatic heterocycles. The number of hydrogen-bond acceptors (Lipinski definition) is 5. The number of nitrogens with zero attached hydrogens (tertiary/aromatic N) is 2. The summed E-state index contributed by atoms with van der Waals surface area (Å²) >= 11 is 0. The second kappa shape index (κ2) is 6.47. The summed E-state index contributed by atoms with van der Waals surface area (Å²) in [5, 5.41) is 12.5. The van der Waals surface area contributed by atoms with Crippen LogP contribution in [0.5, 0.6) is 11.5 Å². The zero-order valence-electron chi connectivity index (χ0n) is 13.5. The predicted octanol–water partition coefficient (Wildman–Crippen LogP) is 1.23. The largest absolute Gasteiger partial charge is 0.493 e. The molecule has 6 nitrogen and oxygen atoms in total. The minimum absolute atomic E-state index is 0.0227. The van der Waals surface area contributed by atoms with E-state index in [1.54, 1.807) is 19.1 Å². The fourth-order valence-corrected chi connectivity index (χ4v) is 3.38. The monoisotopic (exact) mass is 315 g/mol. The summed E-state index contributed by atoms with van der Waals surface area (Å²) in [4.78, 5) is 14.4. The van der Waals surface area contributed by atoms with Crippen molar-refractivity contribution in [2.24, 2.45) is 0 Å². The van der Waals surface area contributed by atoms with Crippen molar-refractivity contribution in [3.63, 3.8) is 0 Å². The maximum Gasteiger partial charge on any atom is 0.241 e. The third kappa shape index (κ3) is 2.84. The van der Waals surface area contributed by atoms with E-state index in [0.717, 1.165) is 24.0 Å². The molecule has 2 heterocycles. The Morgan fingerprint density at radius 2 is 2.00 bits per heavy atom. The molecule has 2 aliphatic rings. The summed E-state index contributed by atoms with van der Waals surface area (Å²) in [5.41, 5.74) is 2.21. The number of nitriles is 1. The Labute approximate surface area is 136 Å². The number of ether oxygens (including phenoxy) is 2. The Morgan fingerprint density at radius 1 is 1.30 bits per heavy atom. The lowest BCUT2D eigenvalue weighted by molar-refractivity contribution is -0.133. The van der Waals surface area contributed by atoms with Crippen LogP contribution >= 0.6 is 0 Å². The summed E-state index contributed by atoms with van der Waals surface area (Å²) in [5.74, 6) is 1.40. The highest BCUT2D eigenvalue weighted by atomic mass is 16.5. The first-order valence-corrected chi connectivity index (χ1v) is 7.85. The number of hydrogen-bond donors (Lipinski definition) is 1. The van der Waals surface area contributed by atoms with Gasteiger partial charge in [0.15, 0.2) is 11.5 Å². The Hall–Kier alpha value is -2.26. The van der Waals surface area contributed by atoms with Crippen LogP contribution in [0.4, 0.5) is 0 Å². The second-order valence-electron chi connectivity index (χ2n) is 5.93. The van der Waals surface area contributed by atoms with Crippen molar-refractivity contribution >= 4 is 5.91 Å². The second-order valence-corrected chi connectivity index (χ2v) is 5.93. The molecule has 0 unspecified atom stereocenters. The molecule has 1 N–H and O–H groups in total. The van der Waals surface area contributed by atoms with Gasteiger partial charge in [0.25, 0.3) is 0 Å². The van der Waals surface area contributed by atoms with Crippen LogP contribution in [0.25, 0.3) is 0 Å². The van der Waals surface area contributed by atoms with Gasteiger partial charge in [0.05, 0.1) is 26.3 Å². The van der Waals surface area contributed by atoms with Crippen LogP contribution < -0.4 is 14.8 Å². The lowest BCUT2D eigenvalue weighted by Gasteiger charge is -2.30. The molecule has 1 fully saturated rings. The van der Waals surface area contributed by atoms with Gasteiger partial charge in [-0.3, -0.25) is 4.79 Å². The van der Waals surface area contributed by atoms with Crippen LogP contribution in [0.1, 0.15) is 24.0 Å². The molecule has 23 heavy (non-hydrogen) atoms. The first-order chi connectivity index (χ1) is 11.2. The van der Waals surface area contributed by atoms with Crippen molar-refractivity contribution in [2.45, 2.75) is 37.9 Å². The van der Waals surface area contributed by atoms with Crippen molar-refractivity contribution < 1.29 is 14.3 Å². The Bertz CT molecular complexity index is 653. The van der Waals surface area contributed by atoms with E-state index in [4.69, 9.17) is 9.47 Å². The molecule has 6 heteroatoms. The van der Waals surface area contributed by atoms with E-state index in [9.17, 15) is 10.1 Å². The smallest absolute Gasteiger partial charge is 0.241 e. The standard InChI is InChI=1S/C17H21N3O3/c1-22-15-7-11-6-14(19-10-12(11)8-16(15)23-2)17(21)20-5-3-4-13(20)9-18/h7-8,13-14,19H,3-6,10H2,1-2H3/t13-,14-/m0/s1. The summed E-state index contributed by atoms with van der Waals surface area (Å²) in [6, 6.07) is 5.56. The highest BCUT2D eigenvalue weighted by Gasteiger charge is 2.34. The Morgan fingerprint density at radius 3 is 2.65 bits per heavy atom. The fraction of sp³-hybridized carbons (Fsp3) is 0.529. The van der Waals surface area contributed by atoms with Gasteiger partial charge >= 0.3 is 0 Å². The van der Waals surface area contributed by atoms with Gasteiger partial charge in [-0.1, -0.05) is 0 Å². The van der Waals surface area contributed by atoms with E-state index in [1.807, 2.05) is 12.1 Å². The fourth-order valence-electron chi connectivity index (χ4n) is 3.38. The lowest BCUT2D eigenvalue weighted by Crippen LogP contribution is -2.50. The Kier molecular flexibility index (Phi) is 4.39. The van der Waals surface area contributed by atoms with Crippen molar-refractivity contribution in [1.82, 2.24) is 10.2 Å². The van der Waals surface area contributed by atoms with Gasteiger partial charge in [-0.25, -0.2) is 0 Å². The van der Waals surface area contributed by atoms with Crippen LogP contribution in [-0.2, 0) is 17.8 Å². The molecule has 2 atom stereocenters. The Balaban J connectivity index is 1.80. The van der Waals surface area contributed by atoms with E-state index >= 15 is 0 Å². The average molecular weight is 315 g/mol. The van der Waals surface area contributed by atoms with Gasteiger partial charge in [-0.2, -0.15) is 5.26 Å². The van der Waals surface area contributed by atoms with Crippen molar-refractivity contribution in [3.05, 3.63) is 23.3 Å². The molecule has 3 rings (SSSR count). The number of nitrogens with one attached hydrogen (secondary N) is 1. The number of methoxy groups -OCH3 is 2. The lowest BCUT2D eigenvalue weighted by atomic mass is 9.94. The first kappa shape index (κ1) is 15.6. The van der Waals surface area contributed by atoms with Crippen LogP contribution in [-0.4, -0.2) is 43.7 Å². The molecular formula is C17H21N3O3. The zero-order valence-corrected chi connectivity index (χ0v) is 13.5. The number of likely N-dealkylation sites (tertiary alicyclic amines) is 1. The van der Waals surface area contributed by atoms with E-state index in [2.05, 4.69) is 11.4 Å². The predicted molar refractivity (Wildman–Crippen MR) is 84.2 cm³/mol. The molecule has 1 saturated heterocycles. The van der Waals surface area contributed by atoms with Gasteiger partial charge in [0, 0.05) is 13.1 Å². The molecule has 0 aliphatic carbocycles. The quantitative estimate of drug-likeness (QED) is 0.908. The molecular weight excluding hydrogens is 294 g/mol. The topological polar surface area (TPSA) is 74.6 Å². The molecule has 1 amide bonds. The van der Waals surface area contributed by atoms with Gasteiger partial charge in [-0.15, -0.1) is 0 Å². The summed E-state index contributed by atoms with van der Waals surface area (Å²) in [7, 11) is 3.22. The van der Waals surface area contributed by atoms with E-state index in [0.29, 0.717) is 31.0 Å². The molecule has 122 valence electrons. The number of carbonyl (C=O) groups is 1. The maximum absolute atomic E-state index is 12.7. The molecule has 1 aromatic rings. The van der Waals surface area contributed by atoms with E-state index < -0.39 is 0 Å². The van der Waals surface area contributed by atoms with Crippen molar-refractivity contribution in [1.29, 1.82) is 5.26 Å². The first-order valence-electron chi connectivity index (χ1n) is 7.85. The van der Waals surface area contributed by atoms with Gasteiger partial charge < -0.3 is 19.7 Å². The number of rotatable bonds is 3. The molecule has 2 aliphatic heterocycles. The number of fused-ring (bicyclic) bond motifs is 1. The third-order valence-electron chi connectivity index (χ3n) is 4.65.